The fraction of sp³-hybridized carbons (Fsp3) is 0.650. The Morgan fingerprint density at radius 3 is 2.60 bits per heavy atom. The molecule has 0 aromatic heterocycles. The van der Waals surface area contributed by atoms with E-state index in [9.17, 15) is 9.18 Å². The predicted octanol–water partition coefficient (Wildman–Crippen LogP) is 3.46. The molecule has 25 heavy (non-hydrogen) atoms. The fourth-order valence-electron chi connectivity index (χ4n) is 3.82. The number of hydrogen-bond donors (Lipinski definition) is 0. The Morgan fingerprint density at radius 2 is 1.96 bits per heavy atom. The van der Waals surface area contributed by atoms with Crippen LogP contribution in [0, 0.1) is 11.7 Å². The number of morpholine rings is 1. The summed E-state index contributed by atoms with van der Waals surface area (Å²) in [5.41, 5.74) is 0.00785. The van der Waals surface area contributed by atoms with E-state index in [0.29, 0.717) is 18.2 Å². The summed E-state index contributed by atoms with van der Waals surface area (Å²) in [5, 5.41) is 0. The molecule has 3 rings (SSSR count). The van der Waals surface area contributed by atoms with Crippen molar-refractivity contribution in [2.75, 3.05) is 31.1 Å². The largest absolute Gasteiger partial charge is 0.360 e. The maximum atomic E-state index is 14.2. The van der Waals surface area contributed by atoms with E-state index in [2.05, 4.69) is 18.7 Å². The maximum absolute atomic E-state index is 14.2. The molecule has 0 aliphatic carbocycles. The van der Waals surface area contributed by atoms with Gasteiger partial charge in [-0.15, -0.1) is 0 Å². The van der Waals surface area contributed by atoms with Gasteiger partial charge in [-0.05, 0) is 50.8 Å². The fourth-order valence-corrected chi connectivity index (χ4v) is 3.82. The molecule has 2 saturated heterocycles. The molecule has 0 saturated carbocycles. The molecule has 1 unspecified atom stereocenters. The van der Waals surface area contributed by atoms with Crippen LogP contribution in [0.2, 0.25) is 0 Å². The zero-order chi connectivity index (χ0) is 18.0. The van der Waals surface area contributed by atoms with Crippen LogP contribution in [0.15, 0.2) is 24.3 Å². The zero-order valence-corrected chi connectivity index (χ0v) is 15.5. The summed E-state index contributed by atoms with van der Waals surface area (Å²) in [5.74, 6) is 0.198. The number of rotatable bonds is 4. The average molecular weight is 348 g/mol. The summed E-state index contributed by atoms with van der Waals surface area (Å²) >= 11 is 0. The molecule has 1 aromatic rings. The third-order valence-electron chi connectivity index (χ3n) is 5.42. The van der Waals surface area contributed by atoms with E-state index in [-0.39, 0.29) is 17.3 Å². The topological polar surface area (TPSA) is 32.8 Å². The minimum atomic E-state index is -0.532. The van der Waals surface area contributed by atoms with Gasteiger partial charge in [-0.2, -0.15) is 0 Å². The number of halogens is 1. The molecular formula is C20H29FN2O2. The number of anilines is 1. The van der Waals surface area contributed by atoms with Gasteiger partial charge in [-0.25, -0.2) is 4.39 Å². The number of carbonyl (C=O) groups is 1. The molecule has 4 nitrogen and oxygen atoms in total. The van der Waals surface area contributed by atoms with Gasteiger partial charge in [0, 0.05) is 13.1 Å². The quantitative estimate of drug-likeness (QED) is 0.835. The Labute approximate surface area is 149 Å². The minimum Gasteiger partial charge on any atom is -0.360 e. The number of piperidine rings is 1. The molecule has 1 aromatic carbocycles. The van der Waals surface area contributed by atoms with Crippen LogP contribution in [0.5, 0.6) is 0 Å². The minimum absolute atomic E-state index is 0.155. The lowest BCUT2D eigenvalue weighted by Crippen LogP contribution is -2.61. The molecule has 2 fully saturated rings. The van der Waals surface area contributed by atoms with Gasteiger partial charge in [0.15, 0.2) is 0 Å². The Bertz CT molecular complexity index is 611. The molecule has 1 atom stereocenters. The number of likely N-dealkylation sites (tertiary alicyclic amines) is 1. The molecule has 2 aliphatic heterocycles. The molecule has 1 amide bonds. The summed E-state index contributed by atoms with van der Waals surface area (Å²) in [6.07, 6.45) is 2.43. The zero-order valence-electron chi connectivity index (χ0n) is 15.5. The molecular weight excluding hydrogens is 319 g/mol. The first-order valence-electron chi connectivity index (χ1n) is 9.36. The predicted molar refractivity (Wildman–Crippen MR) is 97.2 cm³/mol. The van der Waals surface area contributed by atoms with Gasteiger partial charge in [-0.3, -0.25) is 4.79 Å². The number of nitrogens with zero attached hydrogens (tertiary/aromatic N) is 2. The number of hydrogen-bond acceptors (Lipinski definition) is 3. The van der Waals surface area contributed by atoms with Crippen LogP contribution in [-0.4, -0.2) is 48.7 Å². The first kappa shape index (κ1) is 18.3. The van der Waals surface area contributed by atoms with Crippen LogP contribution in [-0.2, 0) is 9.53 Å². The van der Waals surface area contributed by atoms with Crippen LogP contribution in [0.4, 0.5) is 10.1 Å². The van der Waals surface area contributed by atoms with Crippen molar-refractivity contribution in [1.29, 1.82) is 0 Å². The van der Waals surface area contributed by atoms with Gasteiger partial charge in [0.2, 0.25) is 0 Å². The SMILES string of the molecule is CC(C)CCN1CCC2(CC1)CN(c1ccccc1F)C(=O)C(C)O2. The lowest BCUT2D eigenvalue weighted by Gasteiger charge is -2.49. The van der Waals surface area contributed by atoms with Crippen LogP contribution < -0.4 is 4.90 Å². The molecule has 0 N–H and O–H groups in total. The van der Waals surface area contributed by atoms with E-state index in [1.54, 1.807) is 30.0 Å². The number of benzene rings is 1. The van der Waals surface area contributed by atoms with E-state index < -0.39 is 6.10 Å². The Hall–Kier alpha value is -1.46. The van der Waals surface area contributed by atoms with Crippen molar-refractivity contribution in [2.45, 2.75) is 51.7 Å². The van der Waals surface area contributed by atoms with Crippen molar-refractivity contribution in [2.24, 2.45) is 5.92 Å². The second kappa shape index (κ2) is 7.42. The van der Waals surface area contributed by atoms with Gasteiger partial charge in [0.1, 0.15) is 11.9 Å². The Kier molecular flexibility index (Phi) is 5.44. The smallest absolute Gasteiger partial charge is 0.256 e. The van der Waals surface area contributed by atoms with Crippen LogP contribution in [0.1, 0.15) is 40.0 Å². The standard InChI is InChI=1S/C20H29FN2O2/c1-15(2)8-11-22-12-9-20(10-13-22)14-23(19(24)16(3)25-20)18-7-5-4-6-17(18)21/h4-7,15-16H,8-14H2,1-3H3. The number of carbonyl (C=O) groups excluding carboxylic acids is 1. The van der Waals surface area contributed by atoms with Crippen molar-refractivity contribution >= 4 is 11.6 Å². The van der Waals surface area contributed by atoms with E-state index in [4.69, 9.17) is 4.74 Å². The molecule has 2 heterocycles. The van der Waals surface area contributed by atoms with Gasteiger partial charge >= 0.3 is 0 Å². The highest BCUT2D eigenvalue weighted by atomic mass is 19.1. The summed E-state index contributed by atoms with van der Waals surface area (Å²) in [6.45, 7) is 9.76. The third kappa shape index (κ3) is 4.04. The van der Waals surface area contributed by atoms with Crippen molar-refractivity contribution in [1.82, 2.24) is 4.90 Å². The third-order valence-corrected chi connectivity index (χ3v) is 5.42. The Balaban J connectivity index is 1.71. The average Bonchev–Trinajstić information content (AvgIpc) is 2.58. The first-order chi connectivity index (χ1) is 11.9. The lowest BCUT2D eigenvalue weighted by molar-refractivity contribution is -0.161. The first-order valence-corrected chi connectivity index (χ1v) is 9.36. The number of ether oxygens (including phenoxy) is 1. The second-order valence-electron chi connectivity index (χ2n) is 7.84. The van der Waals surface area contributed by atoms with Crippen molar-refractivity contribution in [3.8, 4) is 0 Å². The van der Waals surface area contributed by atoms with E-state index in [0.717, 1.165) is 32.5 Å². The van der Waals surface area contributed by atoms with Gasteiger partial charge in [-0.1, -0.05) is 26.0 Å². The summed E-state index contributed by atoms with van der Waals surface area (Å²) in [4.78, 5) is 16.6. The highest BCUT2D eigenvalue weighted by Crippen LogP contribution is 2.35. The van der Waals surface area contributed by atoms with Gasteiger partial charge < -0.3 is 14.5 Å². The summed E-state index contributed by atoms with van der Waals surface area (Å²) < 4.78 is 20.4. The maximum Gasteiger partial charge on any atom is 0.256 e. The van der Waals surface area contributed by atoms with E-state index in [1.165, 1.54) is 12.5 Å². The van der Waals surface area contributed by atoms with Crippen LogP contribution in [0.3, 0.4) is 0 Å². The monoisotopic (exact) mass is 348 g/mol. The molecule has 2 aliphatic rings. The molecule has 138 valence electrons. The molecule has 0 bridgehead atoms. The van der Waals surface area contributed by atoms with Crippen molar-refractivity contribution in [3.63, 3.8) is 0 Å². The lowest BCUT2D eigenvalue weighted by atomic mass is 9.88. The van der Waals surface area contributed by atoms with Crippen LogP contribution >= 0.6 is 0 Å². The van der Waals surface area contributed by atoms with E-state index >= 15 is 0 Å². The van der Waals surface area contributed by atoms with E-state index in [1.807, 2.05) is 0 Å². The van der Waals surface area contributed by atoms with Crippen LogP contribution in [0.25, 0.3) is 0 Å². The summed E-state index contributed by atoms with van der Waals surface area (Å²) in [6, 6.07) is 6.50. The highest BCUT2D eigenvalue weighted by molar-refractivity contribution is 5.97. The Morgan fingerprint density at radius 1 is 1.28 bits per heavy atom. The summed E-state index contributed by atoms with van der Waals surface area (Å²) in [7, 11) is 0. The normalized spacial score (nSPS) is 24.3. The number of para-hydroxylation sites is 1. The van der Waals surface area contributed by atoms with Crippen molar-refractivity contribution < 1.29 is 13.9 Å². The molecule has 5 heteroatoms. The molecule has 1 spiro atoms. The van der Waals surface area contributed by atoms with Gasteiger partial charge in [0.05, 0.1) is 17.8 Å². The molecule has 0 radical (unpaired) electrons. The number of amides is 1. The second-order valence-corrected chi connectivity index (χ2v) is 7.84. The highest BCUT2D eigenvalue weighted by Gasteiger charge is 2.46. The van der Waals surface area contributed by atoms with Gasteiger partial charge in [0.25, 0.3) is 5.91 Å². The van der Waals surface area contributed by atoms with Crippen molar-refractivity contribution in [3.05, 3.63) is 30.1 Å².